The van der Waals surface area contributed by atoms with Gasteiger partial charge in [-0.25, -0.2) is 12.8 Å². The molecule has 0 saturated carbocycles. The fourth-order valence-electron chi connectivity index (χ4n) is 3.31. The zero-order valence-electron chi connectivity index (χ0n) is 13.1. The number of carbonyl (C=O) groups excluding carboxylic acids is 1. The summed E-state index contributed by atoms with van der Waals surface area (Å²) in [6.45, 7) is 2.25. The molecule has 0 N–H and O–H groups in total. The number of benzene rings is 1. The van der Waals surface area contributed by atoms with Gasteiger partial charge in [0.1, 0.15) is 11.5 Å². The van der Waals surface area contributed by atoms with Crippen molar-refractivity contribution in [3.05, 3.63) is 35.8 Å². The lowest BCUT2D eigenvalue weighted by Gasteiger charge is -2.27. The number of hydrogen-bond donors (Lipinski definition) is 0. The minimum Gasteiger partial charge on any atom is -0.337 e. The molecule has 1 atom stereocenters. The summed E-state index contributed by atoms with van der Waals surface area (Å²) in [6, 6.07) is 6.07. The average molecular weight is 338 g/mol. The van der Waals surface area contributed by atoms with E-state index in [1.54, 1.807) is 34.7 Å². The maximum absolute atomic E-state index is 14.0. The Kier molecular flexibility index (Phi) is 3.91. The van der Waals surface area contributed by atoms with Crippen molar-refractivity contribution in [3.63, 3.8) is 0 Å². The Labute approximate surface area is 134 Å². The summed E-state index contributed by atoms with van der Waals surface area (Å²) in [5.74, 6) is -0.515. The zero-order valence-corrected chi connectivity index (χ0v) is 13.9. The summed E-state index contributed by atoms with van der Waals surface area (Å²) >= 11 is 0. The van der Waals surface area contributed by atoms with Crippen molar-refractivity contribution in [3.8, 4) is 0 Å². The van der Waals surface area contributed by atoms with Gasteiger partial charge < -0.3 is 9.47 Å². The van der Waals surface area contributed by atoms with Crippen LogP contribution in [0.3, 0.4) is 0 Å². The largest absolute Gasteiger partial charge is 0.337 e. The molecule has 0 spiro atoms. The molecule has 1 aliphatic rings. The Hall–Kier alpha value is -1.89. The lowest BCUT2D eigenvalue weighted by atomic mass is 10.2. The molecule has 1 saturated heterocycles. The normalized spacial score (nSPS) is 20.0. The van der Waals surface area contributed by atoms with Gasteiger partial charge in [0.15, 0.2) is 9.84 Å². The average Bonchev–Trinajstić information content (AvgIpc) is 3.01. The van der Waals surface area contributed by atoms with Crippen LogP contribution < -0.4 is 0 Å². The molecule has 1 aliphatic heterocycles. The predicted octanol–water partition coefficient (Wildman–Crippen LogP) is 1.97. The van der Waals surface area contributed by atoms with Crippen LogP contribution in [0.2, 0.25) is 0 Å². The molecule has 7 heteroatoms. The second-order valence-electron chi connectivity index (χ2n) is 5.91. The maximum Gasteiger partial charge on any atom is 0.270 e. The lowest BCUT2D eigenvalue weighted by Crippen LogP contribution is -2.41. The van der Waals surface area contributed by atoms with Gasteiger partial charge in [-0.1, -0.05) is 12.1 Å². The van der Waals surface area contributed by atoms with Crippen LogP contribution in [0.15, 0.2) is 24.3 Å². The van der Waals surface area contributed by atoms with Crippen LogP contribution in [0, 0.1) is 5.82 Å². The first kappa shape index (κ1) is 16.0. The highest BCUT2D eigenvalue weighted by atomic mass is 32.2. The minimum atomic E-state index is -3.07. The predicted molar refractivity (Wildman–Crippen MR) is 86.6 cm³/mol. The number of halogens is 1. The SMILES string of the molecule is CCN(C(=O)c1cc2cccc(F)c2n1C)C1CCS(=O)(=O)C1. The highest BCUT2D eigenvalue weighted by Gasteiger charge is 2.35. The van der Waals surface area contributed by atoms with Gasteiger partial charge in [-0.15, -0.1) is 0 Å². The fourth-order valence-corrected chi connectivity index (χ4v) is 5.04. The van der Waals surface area contributed by atoms with E-state index in [0.717, 1.165) is 0 Å². The smallest absolute Gasteiger partial charge is 0.270 e. The van der Waals surface area contributed by atoms with Crippen molar-refractivity contribution in [1.82, 2.24) is 9.47 Å². The van der Waals surface area contributed by atoms with E-state index in [2.05, 4.69) is 0 Å². The van der Waals surface area contributed by atoms with Gasteiger partial charge in [0.2, 0.25) is 0 Å². The van der Waals surface area contributed by atoms with Crippen molar-refractivity contribution in [1.29, 1.82) is 0 Å². The summed E-state index contributed by atoms with van der Waals surface area (Å²) in [7, 11) is -1.42. The van der Waals surface area contributed by atoms with Crippen LogP contribution in [0.25, 0.3) is 10.9 Å². The molecule has 0 radical (unpaired) electrons. The summed E-state index contributed by atoms with van der Waals surface area (Å²) in [5.41, 5.74) is 0.752. The third kappa shape index (κ3) is 2.73. The van der Waals surface area contributed by atoms with E-state index in [1.165, 1.54) is 6.07 Å². The Morgan fingerprint density at radius 3 is 2.74 bits per heavy atom. The third-order valence-electron chi connectivity index (χ3n) is 4.48. The molecular formula is C16H19FN2O3S. The van der Waals surface area contributed by atoms with Crippen LogP contribution in [0.1, 0.15) is 23.8 Å². The molecule has 2 heterocycles. The number of hydrogen-bond acceptors (Lipinski definition) is 3. The highest BCUT2D eigenvalue weighted by molar-refractivity contribution is 7.91. The summed E-state index contributed by atoms with van der Waals surface area (Å²) in [5, 5.41) is 0.658. The number of rotatable bonds is 3. The third-order valence-corrected chi connectivity index (χ3v) is 6.23. The van der Waals surface area contributed by atoms with Gasteiger partial charge in [0, 0.05) is 25.0 Å². The van der Waals surface area contributed by atoms with E-state index in [1.807, 2.05) is 6.92 Å². The van der Waals surface area contributed by atoms with E-state index < -0.39 is 9.84 Å². The quantitative estimate of drug-likeness (QED) is 0.860. The number of nitrogens with zero attached hydrogens (tertiary/aromatic N) is 2. The van der Waals surface area contributed by atoms with Gasteiger partial charge in [-0.3, -0.25) is 4.79 Å². The Balaban J connectivity index is 1.99. The summed E-state index contributed by atoms with van der Waals surface area (Å²) in [6.07, 6.45) is 0.459. The maximum atomic E-state index is 14.0. The van der Waals surface area contributed by atoms with Crippen molar-refractivity contribution in [2.75, 3.05) is 18.1 Å². The van der Waals surface area contributed by atoms with Crippen molar-refractivity contribution in [2.24, 2.45) is 7.05 Å². The first-order valence-electron chi connectivity index (χ1n) is 7.59. The summed E-state index contributed by atoms with van der Waals surface area (Å²) in [4.78, 5) is 14.4. The Morgan fingerprint density at radius 2 is 2.17 bits per heavy atom. The van der Waals surface area contributed by atoms with E-state index in [9.17, 15) is 17.6 Å². The van der Waals surface area contributed by atoms with Gasteiger partial charge in [0.25, 0.3) is 5.91 Å². The highest BCUT2D eigenvalue weighted by Crippen LogP contribution is 2.25. The van der Waals surface area contributed by atoms with Crippen LogP contribution in [0.4, 0.5) is 4.39 Å². The van der Waals surface area contributed by atoms with Crippen LogP contribution in [0.5, 0.6) is 0 Å². The fraction of sp³-hybridized carbons (Fsp3) is 0.438. The molecule has 23 heavy (non-hydrogen) atoms. The first-order valence-corrected chi connectivity index (χ1v) is 9.41. The second kappa shape index (κ2) is 5.63. The molecule has 5 nitrogen and oxygen atoms in total. The topological polar surface area (TPSA) is 59.4 Å². The van der Waals surface area contributed by atoms with E-state index in [-0.39, 0.29) is 29.3 Å². The van der Waals surface area contributed by atoms with E-state index in [0.29, 0.717) is 29.6 Å². The molecule has 2 aromatic rings. The monoisotopic (exact) mass is 338 g/mol. The molecule has 0 aliphatic carbocycles. The number of fused-ring (bicyclic) bond motifs is 1. The second-order valence-corrected chi connectivity index (χ2v) is 8.14. The van der Waals surface area contributed by atoms with E-state index in [4.69, 9.17) is 0 Å². The lowest BCUT2D eigenvalue weighted by molar-refractivity contribution is 0.0699. The van der Waals surface area contributed by atoms with Crippen molar-refractivity contribution in [2.45, 2.75) is 19.4 Å². The van der Waals surface area contributed by atoms with Crippen LogP contribution >= 0.6 is 0 Å². The first-order chi connectivity index (χ1) is 10.8. The number of para-hydroxylation sites is 1. The number of sulfone groups is 1. The number of aryl methyl sites for hydroxylation is 1. The standard InChI is InChI=1S/C16H19FN2O3S/c1-3-19(12-7-8-23(21,22)10-12)16(20)14-9-11-5-4-6-13(17)15(11)18(14)2/h4-6,9,12H,3,7-8,10H2,1-2H3. The van der Waals surface area contributed by atoms with Gasteiger partial charge in [-0.05, 0) is 25.5 Å². The molecular weight excluding hydrogens is 319 g/mol. The Morgan fingerprint density at radius 1 is 1.43 bits per heavy atom. The van der Waals surface area contributed by atoms with Crippen molar-refractivity contribution >= 4 is 26.6 Å². The molecule has 1 amide bonds. The molecule has 3 rings (SSSR count). The Bertz CT molecular complexity index is 873. The zero-order chi connectivity index (χ0) is 16.8. The molecule has 1 aromatic carbocycles. The number of aromatic nitrogens is 1. The minimum absolute atomic E-state index is 0.00485. The molecule has 1 aromatic heterocycles. The molecule has 124 valence electrons. The number of carbonyl (C=O) groups is 1. The van der Waals surface area contributed by atoms with Crippen molar-refractivity contribution < 1.29 is 17.6 Å². The molecule has 1 fully saturated rings. The van der Waals surface area contributed by atoms with Gasteiger partial charge in [0.05, 0.1) is 17.0 Å². The van der Waals surface area contributed by atoms with Gasteiger partial charge in [-0.2, -0.15) is 0 Å². The summed E-state index contributed by atoms with van der Waals surface area (Å²) < 4.78 is 38.9. The molecule has 1 unspecified atom stereocenters. The van der Waals surface area contributed by atoms with E-state index >= 15 is 0 Å². The van der Waals surface area contributed by atoms with Crippen LogP contribution in [-0.4, -0.2) is 47.9 Å². The van der Waals surface area contributed by atoms with Gasteiger partial charge >= 0.3 is 0 Å². The molecule has 0 bridgehead atoms. The van der Waals surface area contributed by atoms with Crippen LogP contribution in [-0.2, 0) is 16.9 Å². The number of amides is 1.